The molecule has 0 amide bonds. The van der Waals surface area contributed by atoms with Crippen LogP contribution >= 0.6 is 7.82 Å². The number of nitrogens with two attached hydrogens (primary N) is 1. The summed E-state index contributed by atoms with van der Waals surface area (Å²) in [7, 11) is -4.38. The van der Waals surface area contributed by atoms with Crippen molar-refractivity contribution >= 4 is 19.8 Å². The van der Waals surface area contributed by atoms with E-state index >= 15 is 0 Å². The molecule has 0 aliphatic heterocycles. The Morgan fingerprint density at radius 1 is 0.429 bits per heavy atom. The first-order chi connectivity index (χ1) is 34.3. The average molecular weight is 1010 g/mol. The van der Waals surface area contributed by atoms with Gasteiger partial charge >= 0.3 is 19.8 Å². The Labute approximate surface area is 432 Å². The lowest BCUT2D eigenvalue weighted by Crippen LogP contribution is -2.29. The molecule has 0 fully saturated rings. The lowest BCUT2D eigenvalue weighted by Gasteiger charge is -2.19. The van der Waals surface area contributed by atoms with Gasteiger partial charge in [-0.15, -0.1) is 0 Å². The summed E-state index contributed by atoms with van der Waals surface area (Å²) >= 11 is 0. The highest BCUT2D eigenvalue weighted by Crippen LogP contribution is 2.43. The second-order valence-electron chi connectivity index (χ2n) is 19.9. The van der Waals surface area contributed by atoms with Gasteiger partial charge in [0.25, 0.3) is 0 Å². The van der Waals surface area contributed by atoms with Crippen molar-refractivity contribution < 1.29 is 37.6 Å². The van der Waals surface area contributed by atoms with E-state index in [-0.39, 0.29) is 38.6 Å². The van der Waals surface area contributed by atoms with E-state index in [1.54, 1.807) is 0 Å². The highest BCUT2D eigenvalue weighted by molar-refractivity contribution is 7.47. The van der Waals surface area contributed by atoms with E-state index < -0.39 is 26.5 Å². The Morgan fingerprint density at radius 3 is 1.14 bits per heavy atom. The molecule has 0 radical (unpaired) electrons. The maximum Gasteiger partial charge on any atom is 0.472 e. The Morgan fingerprint density at radius 2 is 0.743 bits per heavy atom. The lowest BCUT2D eigenvalue weighted by molar-refractivity contribution is -0.161. The molecule has 0 saturated carbocycles. The number of carbonyl (C=O) groups is 2. The van der Waals surface area contributed by atoms with Crippen molar-refractivity contribution in [2.24, 2.45) is 5.73 Å². The van der Waals surface area contributed by atoms with Crippen molar-refractivity contribution in [3.63, 3.8) is 0 Å². The van der Waals surface area contributed by atoms with Crippen LogP contribution in [0.4, 0.5) is 0 Å². The minimum absolute atomic E-state index is 0.0533. The summed E-state index contributed by atoms with van der Waals surface area (Å²) in [5, 5.41) is 0. The normalized spacial score (nSPS) is 13.4. The smallest absolute Gasteiger partial charge is 0.462 e. The molecular weight excluding hydrogens is 894 g/mol. The summed E-state index contributed by atoms with van der Waals surface area (Å²) in [6, 6.07) is 0. The molecule has 0 spiro atoms. The van der Waals surface area contributed by atoms with Crippen LogP contribution in [0, 0.1) is 0 Å². The van der Waals surface area contributed by atoms with E-state index in [4.69, 9.17) is 24.3 Å². The zero-order valence-corrected chi connectivity index (χ0v) is 46.7. The van der Waals surface area contributed by atoms with Crippen LogP contribution in [0.3, 0.4) is 0 Å². The first-order valence-corrected chi connectivity index (χ1v) is 31.1. The molecule has 0 aliphatic rings. The minimum atomic E-state index is -4.38. The molecule has 10 heteroatoms. The third-order valence-electron chi connectivity index (χ3n) is 12.9. The first-order valence-electron chi connectivity index (χ1n) is 29.6. The first kappa shape index (κ1) is 68.0. The number of hydrogen-bond acceptors (Lipinski definition) is 8. The van der Waals surface area contributed by atoms with Gasteiger partial charge in [-0.05, 0) is 77.0 Å². The van der Waals surface area contributed by atoms with Crippen molar-refractivity contribution in [1.82, 2.24) is 0 Å². The number of allylic oxidation sites excluding steroid dienone is 8. The second kappa shape index (κ2) is 56.3. The van der Waals surface area contributed by atoms with Gasteiger partial charge in [0.05, 0.1) is 13.2 Å². The fourth-order valence-corrected chi connectivity index (χ4v) is 9.29. The van der Waals surface area contributed by atoms with Crippen molar-refractivity contribution in [3.8, 4) is 0 Å². The monoisotopic (exact) mass is 1010 g/mol. The van der Waals surface area contributed by atoms with E-state index in [0.717, 1.165) is 64.2 Å². The summed E-state index contributed by atoms with van der Waals surface area (Å²) in [6.45, 7) is 3.72. The number of hydrogen-bond donors (Lipinski definition) is 2. The Kier molecular flexibility index (Phi) is 54.6. The van der Waals surface area contributed by atoms with Crippen LogP contribution in [0.5, 0.6) is 0 Å². The van der Waals surface area contributed by atoms with E-state index in [0.29, 0.717) is 6.42 Å². The fourth-order valence-electron chi connectivity index (χ4n) is 8.52. The van der Waals surface area contributed by atoms with Crippen LogP contribution in [0.15, 0.2) is 48.6 Å². The summed E-state index contributed by atoms with van der Waals surface area (Å²) in [6.07, 6.45) is 69.1. The van der Waals surface area contributed by atoms with Crippen molar-refractivity contribution in [3.05, 3.63) is 48.6 Å². The molecule has 410 valence electrons. The van der Waals surface area contributed by atoms with Crippen LogP contribution in [0.25, 0.3) is 0 Å². The van der Waals surface area contributed by atoms with Gasteiger partial charge in [0, 0.05) is 19.4 Å². The van der Waals surface area contributed by atoms with E-state index in [1.807, 2.05) is 0 Å². The van der Waals surface area contributed by atoms with Crippen LogP contribution in [0.2, 0.25) is 0 Å². The third kappa shape index (κ3) is 55.3. The quantitative estimate of drug-likeness (QED) is 0.0264. The molecular formula is C60H112NO8P. The Hall–Kier alpha value is -2.03. The molecule has 70 heavy (non-hydrogen) atoms. The number of unbranched alkanes of at least 4 members (excludes halogenated alkanes) is 35. The van der Waals surface area contributed by atoms with Crippen molar-refractivity contribution in [2.45, 2.75) is 296 Å². The predicted octanol–water partition coefficient (Wildman–Crippen LogP) is 18.6. The van der Waals surface area contributed by atoms with Gasteiger partial charge in [0.1, 0.15) is 6.61 Å². The largest absolute Gasteiger partial charge is 0.472 e. The van der Waals surface area contributed by atoms with Crippen molar-refractivity contribution in [1.29, 1.82) is 0 Å². The summed E-state index contributed by atoms with van der Waals surface area (Å²) in [5.41, 5.74) is 5.37. The molecule has 0 rings (SSSR count). The number of phosphoric ester groups is 1. The van der Waals surface area contributed by atoms with Crippen molar-refractivity contribution in [2.75, 3.05) is 26.4 Å². The average Bonchev–Trinajstić information content (AvgIpc) is 3.35. The molecule has 0 aromatic rings. The standard InChI is InChI=1S/C60H112NO8P/c1-3-5-7-9-11-13-15-17-18-19-20-21-22-23-24-25-26-27-28-29-30-31-32-33-34-35-36-37-38-39-40-41-43-45-47-49-51-53-60(63)69-58(57-68-70(64,65)67-55-54-61)56-66-59(62)52-50-48-46-44-42-16-14-12-10-8-6-4-2/h12,14-15,17,19-20,22-23,58H,3-11,13,16,18,21,24-57,61H2,1-2H3,(H,64,65)/b14-12-,17-15-,20-19-,23-22-. The molecule has 0 aliphatic carbocycles. The van der Waals surface area contributed by atoms with Crippen LogP contribution in [-0.4, -0.2) is 49.3 Å². The van der Waals surface area contributed by atoms with Gasteiger partial charge in [-0.2, -0.15) is 0 Å². The minimum Gasteiger partial charge on any atom is -0.462 e. The van der Waals surface area contributed by atoms with E-state index in [2.05, 4.69) is 62.5 Å². The molecule has 0 aromatic heterocycles. The summed E-state index contributed by atoms with van der Waals surface area (Å²) in [5.74, 6) is -0.828. The highest BCUT2D eigenvalue weighted by Gasteiger charge is 2.26. The van der Waals surface area contributed by atoms with Gasteiger partial charge in [-0.1, -0.05) is 249 Å². The second-order valence-corrected chi connectivity index (χ2v) is 21.3. The zero-order valence-electron chi connectivity index (χ0n) is 45.8. The molecule has 0 aromatic carbocycles. The summed E-state index contributed by atoms with van der Waals surface area (Å²) in [4.78, 5) is 35.0. The lowest BCUT2D eigenvalue weighted by atomic mass is 10.0. The molecule has 2 unspecified atom stereocenters. The highest BCUT2D eigenvalue weighted by atomic mass is 31.2. The molecule has 2 atom stereocenters. The maximum absolute atomic E-state index is 12.7. The number of carbonyl (C=O) groups excluding carboxylic acids is 2. The zero-order chi connectivity index (χ0) is 51.0. The third-order valence-corrected chi connectivity index (χ3v) is 13.9. The molecule has 3 N–H and O–H groups in total. The predicted molar refractivity (Wildman–Crippen MR) is 298 cm³/mol. The van der Waals surface area contributed by atoms with Gasteiger partial charge in [0.2, 0.25) is 0 Å². The van der Waals surface area contributed by atoms with Crippen LogP contribution < -0.4 is 5.73 Å². The molecule has 0 heterocycles. The number of rotatable bonds is 56. The topological polar surface area (TPSA) is 134 Å². The van der Waals surface area contributed by atoms with Crippen LogP contribution in [0.1, 0.15) is 290 Å². The molecule has 0 bridgehead atoms. The van der Waals surface area contributed by atoms with Gasteiger partial charge in [-0.25, -0.2) is 4.57 Å². The number of esters is 2. The van der Waals surface area contributed by atoms with Gasteiger partial charge in [-0.3, -0.25) is 18.6 Å². The molecule has 0 saturated heterocycles. The van der Waals surface area contributed by atoms with E-state index in [9.17, 15) is 19.0 Å². The Balaban J connectivity index is 3.77. The van der Waals surface area contributed by atoms with Gasteiger partial charge < -0.3 is 20.1 Å². The van der Waals surface area contributed by atoms with Crippen LogP contribution in [-0.2, 0) is 32.7 Å². The molecule has 9 nitrogen and oxygen atoms in total. The Bertz CT molecular complexity index is 1280. The number of ether oxygens (including phenoxy) is 2. The number of phosphoric acid groups is 1. The van der Waals surface area contributed by atoms with E-state index in [1.165, 1.54) is 193 Å². The SMILES string of the molecule is CCCCC/C=C\CCCCCCCC(=O)OCC(COP(=O)(O)OCCN)OC(=O)CCCCCCCCCCCCCCCCCCCCCCCC/C=C\C/C=C\C/C=C\CCCCCCC. The summed E-state index contributed by atoms with van der Waals surface area (Å²) < 4.78 is 32.9. The maximum atomic E-state index is 12.7. The fraction of sp³-hybridized carbons (Fsp3) is 0.833. The van der Waals surface area contributed by atoms with Gasteiger partial charge in [0.15, 0.2) is 6.10 Å².